The molecule has 0 aliphatic carbocycles. The van der Waals surface area contributed by atoms with Gasteiger partial charge in [-0.3, -0.25) is 4.67 Å². The molecule has 0 spiro atoms. The molecule has 84 valence electrons. The monoisotopic (exact) mass is 248 g/mol. The van der Waals surface area contributed by atoms with Gasteiger partial charge < -0.3 is 4.90 Å². The summed E-state index contributed by atoms with van der Waals surface area (Å²) in [7, 11) is 2.65. The molecule has 1 unspecified atom stereocenters. The molecule has 0 amide bonds. The quantitative estimate of drug-likeness (QED) is 0.705. The van der Waals surface area contributed by atoms with Crippen LogP contribution >= 0.6 is 21.8 Å². The van der Waals surface area contributed by atoms with E-state index in [1.54, 1.807) is 6.07 Å². The number of halogens is 2. The first kappa shape index (κ1) is 12.7. The van der Waals surface area contributed by atoms with Crippen LogP contribution in [0.4, 0.5) is 10.1 Å². The average molecular weight is 249 g/mol. The first-order valence-electron chi connectivity index (χ1n) is 4.68. The second-order valence-corrected chi connectivity index (χ2v) is 4.35. The summed E-state index contributed by atoms with van der Waals surface area (Å²) in [5.74, 6) is -0.120. The molecule has 0 radical (unpaired) electrons. The zero-order valence-electron chi connectivity index (χ0n) is 8.61. The normalized spacial score (nSPS) is 16.6. The highest BCUT2D eigenvalue weighted by atomic mass is 35.5. The van der Waals surface area contributed by atoms with Crippen molar-refractivity contribution in [1.29, 1.82) is 0 Å². The molecule has 0 saturated carbocycles. The maximum atomic E-state index is 13.6. The zero-order valence-corrected chi connectivity index (χ0v) is 10.6. The van der Waals surface area contributed by atoms with Crippen LogP contribution < -0.4 is 4.90 Å². The minimum Gasteiger partial charge on any atom is -0.354 e. The van der Waals surface area contributed by atoms with E-state index in [1.165, 1.54) is 6.07 Å². The number of nitrogens with zero attached hydrogens (tertiary/aromatic N) is 2. The van der Waals surface area contributed by atoms with Gasteiger partial charge in [-0.1, -0.05) is 21.5 Å². The first-order valence-corrected chi connectivity index (χ1v) is 5.20. The molecule has 1 heterocycles. The van der Waals surface area contributed by atoms with Gasteiger partial charge in [-0.05, 0) is 18.6 Å². The van der Waals surface area contributed by atoms with Gasteiger partial charge in [0.05, 0.1) is 12.4 Å². The van der Waals surface area contributed by atoms with Crippen LogP contribution in [0, 0.1) is 12.7 Å². The van der Waals surface area contributed by atoms with E-state index in [1.807, 2.05) is 13.0 Å². The van der Waals surface area contributed by atoms with Crippen LogP contribution in [0.15, 0.2) is 18.2 Å². The largest absolute Gasteiger partial charge is 0.354 e. The third-order valence-electron chi connectivity index (χ3n) is 2.51. The Hall–Kier alpha value is -0.370. The van der Waals surface area contributed by atoms with E-state index in [4.69, 9.17) is 0 Å². The molecule has 1 atom stereocenters. The Balaban J connectivity index is 0.00000112. The topological polar surface area (TPSA) is 6.48 Å². The van der Waals surface area contributed by atoms with Crippen LogP contribution in [-0.4, -0.2) is 24.4 Å². The smallest absolute Gasteiger partial charge is 0.146 e. The Labute approximate surface area is 98.1 Å². The Morgan fingerprint density at radius 3 is 2.60 bits per heavy atom. The van der Waals surface area contributed by atoms with E-state index in [0.717, 1.165) is 31.0 Å². The van der Waals surface area contributed by atoms with Gasteiger partial charge in [0.15, 0.2) is 0 Å². The third kappa shape index (κ3) is 2.60. The van der Waals surface area contributed by atoms with Crippen LogP contribution in [0.3, 0.4) is 0 Å². The predicted molar refractivity (Wildman–Crippen MR) is 67.0 cm³/mol. The minimum atomic E-state index is -0.120. The van der Waals surface area contributed by atoms with Gasteiger partial charge in [0.1, 0.15) is 5.82 Å². The van der Waals surface area contributed by atoms with E-state index in [9.17, 15) is 4.39 Å². The number of anilines is 1. The maximum Gasteiger partial charge on any atom is 0.146 e. The lowest BCUT2D eigenvalue weighted by Gasteiger charge is -2.20. The van der Waals surface area contributed by atoms with Gasteiger partial charge in [-0.25, -0.2) is 4.39 Å². The highest BCUT2D eigenvalue weighted by Crippen LogP contribution is 2.26. The molecular weight excluding hydrogens is 234 g/mol. The highest BCUT2D eigenvalue weighted by molar-refractivity contribution is 7.13. The lowest BCUT2D eigenvalue weighted by Crippen LogP contribution is -2.22. The zero-order chi connectivity index (χ0) is 10.1. The summed E-state index contributed by atoms with van der Waals surface area (Å²) in [5.41, 5.74) is 1.75. The van der Waals surface area contributed by atoms with Crippen molar-refractivity contribution < 1.29 is 4.39 Å². The second kappa shape index (κ2) is 5.11. The summed E-state index contributed by atoms with van der Waals surface area (Å²) in [4.78, 5) is 2.07. The first-order chi connectivity index (χ1) is 6.68. The fraction of sp³-hybridized carbons (Fsp3) is 0.400. The summed E-state index contributed by atoms with van der Waals surface area (Å²) in [6, 6.07) is 5.22. The lowest BCUT2D eigenvalue weighted by molar-refractivity contribution is 0.581. The highest BCUT2D eigenvalue weighted by Gasteiger charge is 2.20. The molecule has 1 aromatic carbocycles. The molecular formula is C10H15ClFN2P. The average Bonchev–Trinajstić information content (AvgIpc) is 2.51. The predicted octanol–water partition coefficient (Wildman–Crippen LogP) is 2.43. The van der Waals surface area contributed by atoms with E-state index in [0.29, 0.717) is 0 Å². The fourth-order valence-corrected chi connectivity index (χ4v) is 2.13. The van der Waals surface area contributed by atoms with Crippen molar-refractivity contribution in [3.05, 3.63) is 29.6 Å². The van der Waals surface area contributed by atoms with Gasteiger partial charge in [-0.2, -0.15) is 0 Å². The summed E-state index contributed by atoms with van der Waals surface area (Å²) in [6.45, 7) is 4.60. The molecule has 1 aliphatic heterocycles. The van der Waals surface area contributed by atoms with E-state index < -0.39 is 0 Å². The van der Waals surface area contributed by atoms with Crippen molar-refractivity contribution >= 4 is 27.5 Å². The summed E-state index contributed by atoms with van der Waals surface area (Å²) >= 11 is 0. The number of hydrogen-bond acceptors (Lipinski definition) is 2. The van der Waals surface area contributed by atoms with Gasteiger partial charge in [0.25, 0.3) is 0 Å². The Bertz CT molecular complexity index is 328. The number of aryl methyl sites for hydroxylation is 1. The molecule has 1 aliphatic rings. The second-order valence-electron chi connectivity index (χ2n) is 3.62. The molecule has 1 saturated heterocycles. The number of hydrogen-bond donors (Lipinski definition) is 0. The van der Waals surface area contributed by atoms with Crippen LogP contribution in [0.1, 0.15) is 5.56 Å². The summed E-state index contributed by atoms with van der Waals surface area (Å²) in [6.07, 6.45) is 0. The molecule has 0 N–H and O–H groups in total. The summed E-state index contributed by atoms with van der Waals surface area (Å²) < 4.78 is 15.7. The van der Waals surface area contributed by atoms with E-state index in [2.05, 4.69) is 19.0 Å². The van der Waals surface area contributed by atoms with Crippen molar-refractivity contribution in [3.8, 4) is 0 Å². The molecule has 2 rings (SSSR count). The van der Waals surface area contributed by atoms with E-state index in [-0.39, 0.29) is 18.2 Å². The molecule has 0 aromatic heterocycles. The Kier molecular flexibility index (Phi) is 4.32. The lowest BCUT2D eigenvalue weighted by atomic mass is 10.2. The van der Waals surface area contributed by atoms with Gasteiger partial charge >= 0.3 is 0 Å². The van der Waals surface area contributed by atoms with E-state index >= 15 is 0 Å². The fourth-order valence-electron chi connectivity index (χ4n) is 1.82. The van der Waals surface area contributed by atoms with Crippen molar-refractivity contribution in [2.24, 2.45) is 0 Å². The molecule has 1 fully saturated rings. The van der Waals surface area contributed by atoms with Gasteiger partial charge in [0, 0.05) is 13.1 Å². The van der Waals surface area contributed by atoms with Crippen molar-refractivity contribution in [2.75, 3.05) is 24.7 Å². The number of benzene rings is 1. The standard InChI is InChI=1S/C10H14FN2P.ClH/c1-8-3-2-4-9(11)10(8)12-5-6-13(14)7-12;/h2-4H,5-7,14H2,1H3;1H. The Morgan fingerprint density at radius 2 is 2.07 bits per heavy atom. The summed E-state index contributed by atoms with van der Waals surface area (Å²) in [5, 5.41) is 0. The van der Waals surface area contributed by atoms with Crippen molar-refractivity contribution in [2.45, 2.75) is 6.92 Å². The Morgan fingerprint density at radius 1 is 1.33 bits per heavy atom. The minimum absolute atomic E-state index is 0. The van der Waals surface area contributed by atoms with Crippen molar-refractivity contribution in [3.63, 3.8) is 0 Å². The molecule has 0 bridgehead atoms. The third-order valence-corrected chi connectivity index (χ3v) is 2.94. The maximum absolute atomic E-state index is 13.6. The van der Waals surface area contributed by atoms with Gasteiger partial charge in [-0.15, -0.1) is 12.4 Å². The van der Waals surface area contributed by atoms with Crippen LogP contribution in [0.25, 0.3) is 0 Å². The van der Waals surface area contributed by atoms with Crippen LogP contribution in [0.2, 0.25) is 0 Å². The number of para-hydroxylation sites is 1. The molecule has 5 heteroatoms. The molecule has 2 nitrogen and oxygen atoms in total. The molecule has 15 heavy (non-hydrogen) atoms. The van der Waals surface area contributed by atoms with Gasteiger partial charge in [0.2, 0.25) is 0 Å². The SMILES string of the molecule is Cc1cccc(F)c1N1CCN(P)C1.Cl. The van der Waals surface area contributed by atoms with Crippen LogP contribution in [0.5, 0.6) is 0 Å². The number of rotatable bonds is 1. The van der Waals surface area contributed by atoms with Crippen molar-refractivity contribution in [1.82, 2.24) is 4.67 Å². The molecule has 1 aromatic rings. The van der Waals surface area contributed by atoms with Crippen LogP contribution in [-0.2, 0) is 0 Å².